The number of aliphatic hydroxyl groups is 1. The van der Waals surface area contributed by atoms with Gasteiger partial charge in [0.15, 0.2) is 5.82 Å². The van der Waals surface area contributed by atoms with Crippen LogP contribution in [0.4, 0.5) is 0 Å². The first kappa shape index (κ1) is 18.6. The van der Waals surface area contributed by atoms with Gasteiger partial charge in [-0.3, -0.25) is 4.79 Å². The zero-order chi connectivity index (χ0) is 19.7. The van der Waals surface area contributed by atoms with Crippen molar-refractivity contribution in [1.82, 2.24) is 29.5 Å². The molecule has 3 aromatic rings. The summed E-state index contributed by atoms with van der Waals surface area (Å²) in [6, 6.07) is 4.00. The van der Waals surface area contributed by atoms with Crippen LogP contribution in [0, 0.1) is 6.92 Å². The van der Waals surface area contributed by atoms with Gasteiger partial charge in [-0.05, 0) is 37.5 Å². The van der Waals surface area contributed by atoms with Crippen molar-refractivity contribution in [1.29, 1.82) is 0 Å². The van der Waals surface area contributed by atoms with Crippen LogP contribution < -0.4 is 5.32 Å². The van der Waals surface area contributed by atoms with E-state index >= 15 is 0 Å². The Hall–Kier alpha value is -2.78. The van der Waals surface area contributed by atoms with Gasteiger partial charge in [0.2, 0.25) is 0 Å². The predicted molar refractivity (Wildman–Crippen MR) is 101 cm³/mol. The van der Waals surface area contributed by atoms with E-state index in [1.54, 1.807) is 13.3 Å². The summed E-state index contributed by atoms with van der Waals surface area (Å²) in [6.07, 6.45) is 5.22. The van der Waals surface area contributed by atoms with E-state index in [9.17, 15) is 9.90 Å². The molecule has 0 unspecified atom stereocenters. The molecule has 0 spiro atoms. The third-order valence-corrected chi connectivity index (χ3v) is 5.20. The van der Waals surface area contributed by atoms with Crippen molar-refractivity contribution in [2.45, 2.75) is 44.9 Å². The molecule has 3 heterocycles. The lowest BCUT2D eigenvalue weighted by Gasteiger charge is -2.35. The predicted octanol–water partition coefficient (Wildman–Crippen LogP) is 1.05. The van der Waals surface area contributed by atoms with E-state index in [0.717, 1.165) is 29.9 Å². The Kier molecular flexibility index (Phi) is 5.10. The molecule has 1 saturated carbocycles. The zero-order valence-corrected chi connectivity index (χ0v) is 16.0. The number of imidazole rings is 1. The van der Waals surface area contributed by atoms with Gasteiger partial charge in [0.25, 0.3) is 5.91 Å². The summed E-state index contributed by atoms with van der Waals surface area (Å²) in [6.45, 7) is 2.97. The average Bonchev–Trinajstić information content (AvgIpc) is 3.25. The number of rotatable bonds is 7. The lowest BCUT2D eigenvalue weighted by molar-refractivity contribution is 0.0901. The van der Waals surface area contributed by atoms with E-state index in [2.05, 4.69) is 20.5 Å². The molecule has 0 radical (unpaired) electrons. The first-order valence-electron chi connectivity index (χ1n) is 9.37. The molecule has 1 aliphatic carbocycles. The van der Waals surface area contributed by atoms with Gasteiger partial charge in [-0.2, -0.15) is 0 Å². The fraction of sp³-hybridized carbons (Fsp3) is 0.474. The molecule has 3 aromatic heterocycles. The molecule has 9 nitrogen and oxygen atoms in total. The number of fused-ring (bicyclic) bond motifs is 1. The van der Waals surface area contributed by atoms with Gasteiger partial charge in [0.1, 0.15) is 23.8 Å². The summed E-state index contributed by atoms with van der Waals surface area (Å²) in [5, 5.41) is 20.8. The van der Waals surface area contributed by atoms with Gasteiger partial charge >= 0.3 is 0 Å². The molecule has 1 aliphatic rings. The highest BCUT2D eigenvalue weighted by Gasteiger charge is 2.35. The minimum absolute atomic E-state index is 0.0780. The highest BCUT2D eigenvalue weighted by atomic mass is 16.5. The van der Waals surface area contributed by atoms with E-state index in [1.807, 2.05) is 34.2 Å². The molecule has 0 atom stereocenters. The number of methoxy groups -OCH3 is 1. The van der Waals surface area contributed by atoms with E-state index in [1.165, 1.54) is 0 Å². The van der Waals surface area contributed by atoms with Crippen LogP contribution in [0.1, 0.15) is 46.5 Å². The number of hydrogen-bond acceptors (Lipinski definition) is 6. The van der Waals surface area contributed by atoms with Crippen LogP contribution >= 0.6 is 0 Å². The molecule has 1 fully saturated rings. The number of ether oxygens (including phenoxy) is 1. The van der Waals surface area contributed by atoms with Gasteiger partial charge in [-0.1, -0.05) is 0 Å². The van der Waals surface area contributed by atoms with Crippen molar-refractivity contribution >= 4 is 11.6 Å². The maximum absolute atomic E-state index is 12.5. The van der Waals surface area contributed by atoms with Crippen molar-refractivity contribution in [3.63, 3.8) is 0 Å². The van der Waals surface area contributed by atoms with Crippen LogP contribution in [0.15, 0.2) is 24.5 Å². The number of aromatic nitrogens is 5. The highest BCUT2D eigenvalue weighted by Crippen LogP contribution is 2.36. The van der Waals surface area contributed by atoms with Gasteiger partial charge in [0, 0.05) is 38.0 Å². The Balaban J connectivity index is 1.39. The molecular weight excluding hydrogens is 360 g/mol. The van der Waals surface area contributed by atoms with Gasteiger partial charge in [0.05, 0.1) is 6.61 Å². The third kappa shape index (κ3) is 3.50. The lowest BCUT2D eigenvalue weighted by atomic mass is 9.79. The van der Waals surface area contributed by atoms with Crippen molar-refractivity contribution in [3.05, 3.63) is 47.4 Å². The number of nitrogens with zero attached hydrogens (tertiary/aromatic N) is 5. The normalized spacial score (nSPS) is 19.0. The summed E-state index contributed by atoms with van der Waals surface area (Å²) in [4.78, 5) is 16.9. The number of nitrogens with one attached hydrogen (secondary N) is 1. The number of amides is 1. The van der Waals surface area contributed by atoms with Gasteiger partial charge < -0.3 is 24.1 Å². The maximum Gasteiger partial charge on any atom is 0.271 e. The second kappa shape index (κ2) is 7.69. The van der Waals surface area contributed by atoms with Gasteiger partial charge in [-0.25, -0.2) is 4.98 Å². The molecule has 1 amide bonds. The fourth-order valence-corrected chi connectivity index (χ4v) is 3.59. The number of aryl methyl sites for hydroxylation is 1. The molecule has 0 aliphatic heterocycles. The third-order valence-electron chi connectivity index (χ3n) is 5.20. The Morgan fingerprint density at radius 1 is 1.39 bits per heavy atom. The monoisotopic (exact) mass is 384 g/mol. The topological polar surface area (TPSA) is 107 Å². The molecule has 148 valence electrons. The Labute approximate surface area is 162 Å². The lowest BCUT2D eigenvalue weighted by Crippen LogP contribution is -2.44. The molecule has 0 bridgehead atoms. The number of aliphatic hydroxyl groups excluding tert-OH is 1. The second-order valence-electron chi connectivity index (χ2n) is 7.21. The van der Waals surface area contributed by atoms with Crippen molar-refractivity contribution in [2.75, 3.05) is 13.7 Å². The number of carbonyl (C=O) groups is 1. The summed E-state index contributed by atoms with van der Waals surface area (Å²) < 4.78 is 8.89. The van der Waals surface area contributed by atoms with Crippen LogP contribution in [0.25, 0.3) is 5.65 Å². The molecule has 0 aromatic carbocycles. The summed E-state index contributed by atoms with van der Waals surface area (Å²) in [7, 11) is 1.64. The zero-order valence-electron chi connectivity index (χ0n) is 16.0. The van der Waals surface area contributed by atoms with Gasteiger partial charge in [-0.15, -0.1) is 10.2 Å². The van der Waals surface area contributed by atoms with E-state index in [-0.39, 0.29) is 24.5 Å². The Morgan fingerprint density at radius 3 is 2.96 bits per heavy atom. The minimum Gasteiger partial charge on any atom is -0.388 e. The Morgan fingerprint density at radius 2 is 2.21 bits per heavy atom. The maximum atomic E-state index is 12.5. The molecular formula is C19H24N6O3. The van der Waals surface area contributed by atoms with E-state index in [0.29, 0.717) is 24.7 Å². The standard InChI is InChI=1S/C19H24N6O3/c1-12-3-4-24-10-15(21-16(24)7-12)19(27)20-14-8-13(9-14)18-23-22-17(11-26)25(18)5-6-28-2/h3-4,7,10,13-14,26H,5-6,8-9,11H2,1-2H3,(H,20,27). The van der Waals surface area contributed by atoms with Crippen molar-refractivity contribution < 1.29 is 14.6 Å². The molecule has 28 heavy (non-hydrogen) atoms. The largest absolute Gasteiger partial charge is 0.388 e. The second-order valence-corrected chi connectivity index (χ2v) is 7.21. The van der Waals surface area contributed by atoms with Crippen LogP contribution in [0.2, 0.25) is 0 Å². The smallest absolute Gasteiger partial charge is 0.271 e. The fourth-order valence-electron chi connectivity index (χ4n) is 3.59. The first-order chi connectivity index (χ1) is 13.6. The number of hydrogen-bond donors (Lipinski definition) is 2. The molecule has 0 saturated heterocycles. The van der Waals surface area contributed by atoms with E-state index < -0.39 is 0 Å². The van der Waals surface area contributed by atoms with Crippen LogP contribution in [0.3, 0.4) is 0 Å². The quantitative estimate of drug-likeness (QED) is 0.631. The van der Waals surface area contributed by atoms with Crippen molar-refractivity contribution in [2.24, 2.45) is 0 Å². The highest BCUT2D eigenvalue weighted by molar-refractivity contribution is 5.93. The number of pyridine rings is 1. The van der Waals surface area contributed by atoms with E-state index in [4.69, 9.17) is 4.74 Å². The average molecular weight is 384 g/mol. The summed E-state index contributed by atoms with van der Waals surface area (Å²) in [5.41, 5.74) is 2.28. The molecule has 2 N–H and O–H groups in total. The SMILES string of the molecule is COCCn1c(CO)nnc1C1CC(NC(=O)c2cn3ccc(C)cc3n2)C1. The Bertz CT molecular complexity index is 989. The number of carbonyl (C=O) groups excluding carboxylic acids is 1. The first-order valence-corrected chi connectivity index (χ1v) is 9.37. The van der Waals surface area contributed by atoms with Crippen molar-refractivity contribution in [3.8, 4) is 0 Å². The van der Waals surface area contributed by atoms with Crippen LogP contribution in [-0.4, -0.2) is 54.9 Å². The van der Waals surface area contributed by atoms with Crippen LogP contribution in [0.5, 0.6) is 0 Å². The van der Waals surface area contributed by atoms with Crippen LogP contribution in [-0.2, 0) is 17.9 Å². The summed E-state index contributed by atoms with van der Waals surface area (Å²) in [5.74, 6) is 1.43. The molecule has 4 rings (SSSR count). The summed E-state index contributed by atoms with van der Waals surface area (Å²) >= 11 is 0. The minimum atomic E-state index is -0.165. The molecule has 9 heteroatoms.